The van der Waals surface area contributed by atoms with Crippen molar-refractivity contribution in [3.63, 3.8) is 0 Å². The number of aromatic nitrogens is 3. The number of aromatic amines is 1. The van der Waals surface area contributed by atoms with Crippen LogP contribution in [0.25, 0.3) is 11.0 Å². The number of pyridine rings is 1. The zero-order valence-corrected chi connectivity index (χ0v) is 6.84. The summed E-state index contributed by atoms with van der Waals surface area (Å²) in [5, 5.41) is 0. The molecule has 0 aliphatic heterocycles. The maximum atomic E-state index is 10.9. The summed E-state index contributed by atoms with van der Waals surface area (Å²) in [6.07, 6.45) is 3.14. The molecule has 2 heterocycles. The lowest BCUT2D eigenvalue weighted by Crippen LogP contribution is -2.23. The van der Waals surface area contributed by atoms with E-state index in [9.17, 15) is 4.79 Å². The van der Waals surface area contributed by atoms with Gasteiger partial charge in [0.15, 0.2) is 0 Å². The highest BCUT2D eigenvalue weighted by Crippen LogP contribution is 2.02. The lowest BCUT2D eigenvalue weighted by atomic mass is 10.4. The smallest absolute Gasteiger partial charge is 0.335 e. The Morgan fingerprint density at radius 3 is 3.00 bits per heavy atom. The average molecular weight is 187 g/mol. The molecule has 6 heteroatoms. The molecule has 0 aliphatic rings. The number of nitrogen functional groups attached to an aromatic ring is 1. The molecular weight excluding hydrogens is 180 g/mol. The molecule has 2 aromatic heterocycles. The molecule has 64 valence electrons. The first kappa shape index (κ1) is 8.61. The molecule has 3 N–H and O–H groups in total. The van der Waals surface area contributed by atoms with Crippen LogP contribution < -0.4 is 11.5 Å². The second-order valence-corrected chi connectivity index (χ2v) is 2.19. The molecule has 0 radical (unpaired) electrons. The molecule has 0 aliphatic carbocycles. The number of hydrogen-bond acceptors (Lipinski definition) is 3. The van der Waals surface area contributed by atoms with E-state index in [4.69, 9.17) is 5.84 Å². The molecule has 5 nitrogen and oxygen atoms in total. The second kappa shape index (κ2) is 2.86. The Labute approximate surface area is 73.6 Å². The summed E-state index contributed by atoms with van der Waals surface area (Å²) in [4.78, 5) is 17.3. The molecule has 0 saturated carbocycles. The number of imidazole rings is 1. The van der Waals surface area contributed by atoms with Crippen LogP contribution in [0.1, 0.15) is 0 Å². The van der Waals surface area contributed by atoms with Crippen molar-refractivity contribution >= 4 is 23.4 Å². The Kier molecular flexibility index (Phi) is 2.05. The lowest BCUT2D eigenvalue weighted by molar-refractivity contribution is 0.967. The zero-order chi connectivity index (χ0) is 7.84. The van der Waals surface area contributed by atoms with E-state index in [1.54, 1.807) is 18.5 Å². The molecule has 0 spiro atoms. The summed E-state index contributed by atoms with van der Waals surface area (Å²) in [5.41, 5.74) is 0.984. The first-order valence-electron chi connectivity index (χ1n) is 3.09. The van der Waals surface area contributed by atoms with Crippen LogP contribution in [0.3, 0.4) is 0 Å². The molecule has 2 rings (SSSR count). The summed E-state index contributed by atoms with van der Waals surface area (Å²) < 4.78 is 1.05. The fourth-order valence-electron chi connectivity index (χ4n) is 0.978. The third-order valence-corrected chi connectivity index (χ3v) is 1.52. The number of rotatable bonds is 0. The normalized spacial score (nSPS) is 9.67. The molecule has 12 heavy (non-hydrogen) atoms. The van der Waals surface area contributed by atoms with E-state index in [2.05, 4.69) is 9.97 Å². The fraction of sp³-hybridized carbons (Fsp3) is 0. The largest absolute Gasteiger partial charge is 0.344 e. The van der Waals surface area contributed by atoms with E-state index in [-0.39, 0.29) is 18.1 Å². The summed E-state index contributed by atoms with van der Waals surface area (Å²) >= 11 is 0. The van der Waals surface area contributed by atoms with Crippen LogP contribution in [0.4, 0.5) is 0 Å². The van der Waals surface area contributed by atoms with Crippen LogP contribution in [0.2, 0.25) is 0 Å². The van der Waals surface area contributed by atoms with Gasteiger partial charge in [0.2, 0.25) is 0 Å². The van der Waals surface area contributed by atoms with Crippen LogP contribution in [0.15, 0.2) is 23.3 Å². The number of halogens is 1. The quantitative estimate of drug-likeness (QED) is 0.563. The van der Waals surface area contributed by atoms with Crippen molar-refractivity contribution in [1.82, 2.24) is 14.6 Å². The summed E-state index contributed by atoms with van der Waals surface area (Å²) in [5.74, 6) is 5.38. The van der Waals surface area contributed by atoms with Crippen molar-refractivity contribution in [2.45, 2.75) is 0 Å². The van der Waals surface area contributed by atoms with E-state index in [0.717, 1.165) is 4.68 Å². The monoisotopic (exact) mass is 186 g/mol. The van der Waals surface area contributed by atoms with Crippen LogP contribution >= 0.6 is 12.4 Å². The predicted molar refractivity (Wildman–Crippen MR) is 47.8 cm³/mol. The van der Waals surface area contributed by atoms with E-state index in [1.165, 1.54) is 0 Å². The number of nitrogens with one attached hydrogen (secondary N) is 1. The van der Waals surface area contributed by atoms with Crippen molar-refractivity contribution < 1.29 is 0 Å². The Bertz CT molecular complexity index is 446. The molecule has 2 aromatic rings. The van der Waals surface area contributed by atoms with Gasteiger partial charge in [-0.05, 0) is 6.07 Å². The molecule has 0 saturated heterocycles. The van der Waals surface area contributed by atoms with Crippen molar-refractivity contribution in [3.8, 4) is 0 Å². The zero-order valence-electron chi connectivity index (χ0n) is 6.02. The molecule has 0 amide bonds. The lowest BCUT2D eigenvalue weighted by Gasteiger charge is -1.89. The number of fused-ring (bicyclic) bond motifs is 1. The van der Waals surface area contributed by atoms with Gasteiger partial charge in [-0.2, -0.15) is 0 Å². The minimum atomic E-state index is -0.326. The topological polar surface area (TPSA) is 76.7 Å². The maximum absolute atomic E-state index is 10.9. The molecule has 0 bridgehead atoms. The van der Waals surface area contributed by atoms with Crippen LogP contribution in [-0.2, 0) is 0 Å². The highest BCUT2D eigenvalue weighted by Gasteiger charge is 2.00. The van der Waals surface area contributed by atoms with E-state index >= 15 is 0 Å². The molecule has 0 fully saturated rings. The number of nitrogens with zero attached hydrogens (tertiary/aromatic N) is 2. The molecular formula is C6H7ClN4O. The van der Waals surface area contributed by atoms with Crippen LogP contribution in [0, 0.1) is 0 Å². The number of hydrogen-bond donors (Lipinski definition) is 2. The van der Waals surface area contributed by atoms with Gasteiger partial charge >= 0.3 is 5.69 Å². The Balaban J connectivity index is 0.000000720. The number of H-pyrrole nitrogens is 1. The Hall–Kier alpha value is -1.49. The van der Waals surface area contributed by atoms with Crippen LogP contribution in [-0.4, -0.2) is 14.6 Å². The van der Waals surface area contributed by atoms with E-state index in [1.807, 2.05) is 0 Å². The summed E-state index contributed by atoms with van der Waals surface area (Å²) in [6.45, 7) is 0. The standard InChI is InChI=1S/C6H6N4O.ClH/c7-10-5-1-2-8-3-4(5)9-6(10)11;/h1-3H,7H2,(H,9,11);1H. The first-order valence-corrected chi connectivity index (χ1v) is 3.09. The van der Waals surface area contributed by atoms with Gasteiger partial charge in [-0.1, -0.05) is 0 Å². The van der Waals surface area contributed by atoms with Crippen molar-refractivity contribution in [2.75, 3.05) is 5.84 Å². The highest BCUT2D eigenvalue weighted by molar-refractivity contribution is 5.85. The Morgan fingerprint density at radius 1 is 1.58 bits per heavy atom. The van der Waals surface area contributed by atoms with Crippen molar-refractivity contribution in [3.05, 3.63) is 28.9 Å². The third kappa shape index (κ3) is 1.04. The highest BCUT2D eigenvalue weighted by atomic mass is 35.5. The molecule has 0 unspecified atom stereocenters. The first-order chi connectivity index (χ1) is 5.29. The molecule has 0 atom stereocenters. The van der Waals surface area contributed by atoms with Gasteiger partial charge in [0.05, 0.1) is 17.2 Å². The summed E-state index contributed by atoms with van der Waals surface area (Å²) in [7, 11) is 0. The van der Waals surface area contributed by atoms with Gasteiger partial charge in [-0.25, -0.2) is 9.47 Å². The van der Waals surface area contributed by atoms with Gasteiger partial charge in [-0.15, -0.1) is 12.4 Å². The SMILES string of the molecule is Cl.Nn1c(=O)[nH]c2cnccc21. The predicted octanol–water partition coefficient (Wildman–Crippen LogP) is -0.140. The van der Waals surface area contributed by atoms with E-state index < -0.39 is 0 Å². The minimum Gasteiger partial charge on any atom is -0.335 e. The third-order valence-electron chi connectivity index (χ3n) is 1.52. The summed E-state index contributed by atoms with van der Waals surface area (Å²) in [6, 6.07) is 1.67. The van der Waals surface area contributed by atoms with Gasteiger partial charge in [0, 0.05) is 6.20 Å². The Morgan fingerprint density at radius 2 is 2.33 bits per heavy atom. The molecule has 0 aromatic carbocycles. The van der Waals surface area contributed by atoms with Crippen molar-refractivity contribution in [1.29, 1.82) is 0 Å². The van der Waals surface area contributed by atoms with Gasteiger partial charge in [0.25, 0.3) is 0 Å². The number of nitrogens with two attached hydrogens (primary N) is 1. The van der Waals surface area contributed by atoms with E-state index in [0.29, 0.717) is 11.0 Å². The second-order valence-electron chi connectivity index (χ2n) is 2.19. The van der Waals surface area contributed by atoms with Crippen LogP contribution in [0.5, 0.6) is 0 Å². The van der Waals surface area contributed by atoms with Gasteiger partial charge in [-0.3, -0.25) is 4.98 Å². The average Bonchev–Trinajstić information content (AvgIpc) is 2.30. The van der Waals surface area contributed by atoms with Gasteiger partial charge in [0.1, 0.15) is 0 Å². The van der Waals surface area contributed by atoms with Crippen molar-refractivity contribution in [2.24, 2.45) is 0 Å². The maximum Gasteiger partial charge on any atom is 0.344 e. The fourth-order valence-corrected chi connectivity index (χ4v) is 0.978. The van der Waals surface area contributed by atoms with Gasteiger partial charge < -0.3 is 10.8 Å². The minimum absolute atomic E-state index is 0.